The fourth-order valence-corrected chi connectivity index (χ4v) is 9.43. The van der Waals surface area contributed by atoms with Gasteiger partial charge in [-0.25, -0.2) is 33.9 Å². The predicted molar refractivity (Wildman–Crippen MR) is 267 cm³/mol. The van der Waals surface area contributed by atoms with Crippen LogP contribution in [0.1, 0.15) is 76.2 Å². The molecule has 0 aromatic heterocycles. The second-order valence-electron chi connectivity index (χ2n) is 14.4. The summed E-state index contributed by atoms with van der Waals surface area (Å²) in [4.78, 5) is 0.490. The molecule has 3 aromatic rings. The largest absolute Gasteiger partial charge is 0.498 e. The lowest BCUT2D eigenvalue weighted by Crippen LogP contribution is -2.41. The molecular formula is C42H71BBr2ClN3O12S3. The zero-order valence-electron chi connectivity index (χ0n) is 37.9. The number of ether oxygens (including phenoxy) is 4. The van der Waals surface area contributed by atoms with Gasteiger partial charge in [-0.15, -0.1) is 0 Å². The third kappa shape index (κ3) is 18.6. The van der Waals surface area contributed by atoms with E-state index in [0.29, 0.717) is 44.7 Å². The van der Waals surface area contributed by atoms with E-state index >= 15 is 0 Å². The predicted octanol–water partition coefficient (Wildman–Crippen LogP) is 8.41. The van der Waals surface area contributed by atoms with Crippen molar-refractivity contribution in [2.75, 3.05) is 75.3 Å². The molecule has 2 aliphatic heterocycles. The Morgan fingerprint density at radius 2 is 1.02 bits per heavy atom. The van der Waals surface area contributed by atoms with Gasteiger partial charge in [0.2, 0.25) is 20.0 Å². The smallest absolute Gasteiger partial charge is 0.497 e. The number of rotatable bonds is 12. The Bertz CT molecular complexity index is 2180. The third-order valence-electron chi connectivity index (χ3n) is 9.72. The van der Waals surface area contributed by atoms with Crippen LogP contribution in [0.5, 0.6) is 17.2 Å². The fraction of sp³-hybridized carbons (Fsp3) is 0.571. The molecule has 64 heavy (non-hydrogen) atoms. The van der Waals surface area contributed by atoms with Crippen molar-refractivity contribution in [1.29, 1.82) is 0 Å². The van der Waals surface area contributed by atoms with Gasteiger partial charge in [-0.1, -0.05) is 35.6 Å². The molecule has 0 spiro atoms. The second kappa shape index (κ2) is 29.0. The first-order chi connectivity index (χ1) is 28.7. The monoisotopic (exact) mass is 1110 g/mol. The number of hydrogen-bond acceptors (Lipinski definition) is 13. The molecule has 2 heterocycles. The van der Waals surface area contributed by atoms with Crippen molar-refractivity contribution in [2.24, 2.45) is 0 Å². The summed E-state index contributed by atoms with van der Waals surface area (Å²) in [5, 5.41) is 2.93. The van der Waals surface area contributed by atoms with Crippen molar-refractivity contribution in [3.05, 3.63) is 63.5 Å². The average Bonchev–Trinajstić information content (AvgIpc) is 3.89. The topological polar surface area (TPSA) is 176 Å². The number of nitrogens with zero attached hydrogens (tertiary/aromatic N) is 2. The van der Waals surface area contributed by atoms with Crippen LogP contribution < -0.4 is 25.0 Å². The summed E-state index contributed by atoms with van der Waals surface area (Å²) in [6, 6.07) is 13.7. The van der Waals surface area contributed by atoms with Gasteiger partial charge in [-0.3, -0.25) is 0 Å². The van der Waals surface area contributed by atoms with Gasteiger partial charge in [-0.05, 0) is 141 Å². The van der Waals surface area contributed by atoms with Crippen LogP contribution in [-0.2, 0) is 43.1 Å². The molecule has 15 nitrogen and oxygen atoms in total. The molecule has 22 heteroatoms. The summed E-state index contributed by atoms with van der Waals surface area (Å²) in [6.45, 7) is 17.3. The van der Waals surface area contributed by atoms with E-state index < -0.39 is 47.4 Å². The van der Waals surface area contributed by atoms with Gasteiger partial charge in [0.05, 0.1) is 56.2 Å². The molecule has 2 fully saturated rings. The normalized spacial score (nSPS) is 15.0. The first kappa shape index (κ1) is 64.1. The second-order valence-corrected chi connectivity index (χ2v) is 22.8. The van der Waals surface area contributed by atoms with Crippen molar-refractivity contribution >= 4 is 84.2 Å². The van der Waals surface area contributed by atoms with E-state index in [9.17, 15) is 25.3 Å². The Labute approximate surface area is 407 Å². The lowest BCUT2D eigenvalue weighted by atomic mass is 9.78. The Kier molecular flexibility index (Phi) is 29.0. The highest BCUT2D eigenvalue weighted by atomic mass is 79.9. The minimum absolute atomic E-state index is 0. The number of methoxy groups -OCH3 is 3. The van der Waals surface area contributed by atoms with E-state index in [1.165, 1.54) is 73.1 Å². The number of sulfonamides is 2. The molecule has 2 aliphatic rings. The molecule has 0 saturated carbocycles. The Hall–Kier alpha value is -2.02. The van der Waals surface area contributed by atoms with Crippen LogP contribution in [0.25, 0.3) is 0 Å². The zero-order chi connectivity index (χ0) is 47.7. The quantitative estimate of drug-likeness (QED) is 0.135. The molecule has 0 atom stereocenters. The maximum absolute atomic E-state index is 12.6. The van der Waals surface area contributed by atoms with Crippen LogP contribution in [-0.4, -0.2) is 128 Å². The van der Waals surface area contributed by atoms with Gasteiger partial charge in [0.25, 0.3) is 9.05 Å². The van der Waals surface area contributed by atoms with Gasteiger partial charge >= 0.3 is 7.12 Å². The van der Waals surface area contributed by atoms with Crippen LogP contribution in [0.3, 0.4) is 0 Å². The summed E-state index contributed by atoms with van der Waals surface area (Å²) < 4.78 is 107. The molecule has 368 valence electrons. The van der Waals surface area contributed by atoms with E-state index in [0.717, 1.165) is 19.8 Å². The Morgan fingerprint density at radius 1 is 0.672 bits per heavy atom. The van der Waals surface area contributed by atoms with E-state index in [1.807, 2.05) is 34.7 Å². The maximum Gasteiger partial charge on any atom is 0.498 e. The van der Waals surface area contributed by atoms with Crippen molar-refractivity contribution in [1.82, 2.24) is 13.9 Å². The number of hydrogen-bond donors (Lipinski definition) is 1. The van der Waals surface area contributed by atoms with E-state index in [2.05, 4.69) is 44.1 Å². The maximum atomic E-state index is 12.6. The molecule has 5 rings (SSSR count). The fourth-order valence-electron chi connectivity index (χ4n) is 4.84. The minimum atomic E-state index is -3.66. The molecule has 2 saturated heterocycles. The number of halogens is 3. The summed E-state index contributed by atoms with van der Waals surface area (Å²) in [7, 11) is 3.44. The van der Waals surface area contributed by atoms with E-state index in [-0.39, 0.29) is 29.5 Å². The van der Waals surface area contributed by atoms with Crippen LogP contribution in [0, 0.1) is 0 Å². The van der Waals surface area contributed by atoms with Crippen molar-refractivity contribution in [2.45, 2.75) is 102 Å². The zero-order valence-corrected chi connectivity index (χ0v) is 44.3. The lowest BCUT2D eigenvalue weighted by Gasteiger charge is -2.32. The first-order valence-electron chi connectivity index (χ1n) is 19.6. The molecule has 0 amide bonds. The molecule has 0 aliphatic carbocycles. The minimum Gasteiger partial charge on any atom is -0.497 e. The molecule has 3 aromatic carbocycles. The van der Waals surface area contributed by atoms with E-state index in [1.54, 1.807) is 52.2 Å². The van der Waals surface area contributed by atoms with Crippen LogP contribution in [0.4, 0.5) is 0 Å². The first-order valence-corrected chi connectivity index (χ1v) is 26.3. The summed E-state index contributed by atoms with van der Waals surface area (Å²) in [5.74, 6) is 1.70. The van der Waals surface area contributed by atoms with Gasteiger partial charge in [0.15, 0.2) is 0 Å². The van der Waals surface area contributed by atoms with Crippen molar-refractivity contribution < 1.29 is 53.5 Å². The third-order valence-corrected chi connectivity index (χ3v) is 16.2. The van der Waals surface area contributed by atoms with Gasteiger partial charge < -0.3 is 33.6 Å². The lowest BCUT2D eigenvalue weighted by molar-refractivity contribution is 0.00578. The van der Waals surface area contributed by atoms with Crippen LogP contribution in [0.15, 0.2) is 78.2 Å². The van der Waals surface area contributed by atoms with Crippen molar-refractivity contribution in [3.8, 4) is 17.2 Å². The van der Waals surface area contributed by atoms with Gasteiger partial charge in [-0.2, -0.15) is 0 Å². The highest BCUT2D eigenvalue weighted by Crippen LogP contribution is 2.37. The summed E-state index contributed by atoms with van der Waals surface area (Å²) in [6.07, 6.45) is 2.56. The average molecular weight is 1110 g/mol. The van der Waals surface area contributed by atoms with Gasteiger partial charge in [0.1, 0.15) is 17.2 Å². The summed E-state index contributed by atoms with van der Waals surface area (Å²) >= 11 is 6.41. The Balaban J connectivity index is 0. The Morgan fingerprint density at radius 3 is 1.31 bits per heavy atom. The standard InChI is InChI=1S/C16H26BNO5S.C10H14BrNO3S.C7H6BrClO3S.C4H8O.C3H9N.2CH4/c1-8-18(6)24(19,20)12-9-10-14(21-7)13(11-12)17-22-15(2,3)16(4,5)23-17;1-4-12(2)16(13,14)8-5-6-10(15-3)9(11)7-8;1-12-7-3-2-5(4-6(7)8)13(9,10)11;1-2-4-5-3-1;1-3-4-2;;/h9-11H,8H2,1-7H3;5-7H,4H2,1-3H3;2-4H,1H3;1-4H2;4H,3H2,1-2H3;2*1H4. The van der Waals surface area contributed by atoms with Gasteiger partial charge in [0, 0.05) is 56.5 Å². The highest BCUT2D eigenvalue weighted by Gasteiger charge is 2.52. The molecule has 1 N–H and O–H groups in total. The molecular weight excluding hydrogens is 1040 g/mol. The number of nitrogens with one attached hydrogen (secondary N) is 1. The van der Waals surface area contributed by atoms with E-state index in [4.69, 9.17) is 38.9 Å². The molecule has 0 radical (unpaired) electrons. The SMILES string of the molecule is C.C.C1CCOC1.CCN(C)S(=O)(=O)c1ccc(OC)c(B2OC(C)(C)C(C)(C)O2)c1.CCN(C)S(=O)(=O)c1ccc(OC)c(Br)c1.CCNC.COc1ccc(S(=O)(=O)Cl)cc1Br. The van der Waals surface area contributed by atoms with Crippen LogP contribution in [0.2, 0.25) is 0 Å². The molecule has 0 bridgehead atoms. The van der Waals surface area contributed by atoms with Crippen molar-refractivity contribution in [3.63, 3.8) is 0 Å². The number of benzene rings is 3. The molecule has 0 unspecified atom stereocenters. The highest BCUT2D eigenvalue weighted by molar-refractivity contribution is 9.11. The van der Waals surface area contributed by atoms with Crippen LogP contribution >= 0.6 is 42.5 Å². The summed E-state index contributed by atoms with van der Waals surface area (Å²) in [5.41, 5.74) is -0.461.